The molecule has 1 aliphatic rings. The van der Waals surface area contributed by atoms with Crippen LogP contribution in [0.2, 0.25) is 0 Å². The second-order valence-electron chi connectivity index (χ2n) is 4.95. The summed E-state index contributed by atoms with van der Waals surface area (Å²) in [7, 11) is 0. The van der Waals surface area contributed by atoms with E-state index in [9.17, 15) is 9.59 Å². The Balaban J connectivity index is 2.01. The predicted octanol–water partition coefficient (Wildman–Crippen LogP) is 3.65. The number of carbonyl (C=O) groups excluding carboxylic acids is 2. The largest absolute Gasteiger partial charge is 0.286 e. The highest BCUT2D eigenvalue weighted by Gasteiger charge is 2.28. The molecule has 0 unspecified atom stereocenters. The van der Waals surface area contributed by atoms with Crippen molar-refractivity contribution in [2.75, 3.05) is 5.01 Å². The standard InChI is InChI=1S/C17H14N2O2S/c1-11-7-3-5-9-14(11)19(12(2)20)18-17-16(21)13-8-4-6-10-15(13)22-17/h3-10H,1-2H3/b18-17+. The average Bonchev–Trinajstić information content (AvgIpc) is 2.82. The SMILES string of the molecule is CC(=O)N(/N=C1/Sc2ccccc2C1=O)c1ccccc1C. The van der Waals surface area contributed by atoms with Gasteiger partial charge in [-0.3, -0.25) is 9.59 Å². The molecule has 0 aliphatic carbocycles. The molecule has 0 radical (unpaired) electrons. The minimum absolute atomic E-state index is 0.138. The minimum atomic E-state index is -0.230. The van der Waals surface area contributed by atoms with E-state index in [1.807, 2.05) is 49.4 Å². The number of nitrogens with zero attached hydrogens (tertiary/aromatic N) is 2. The van der Waals surface area contributed by atoms with Gasteiger partial charge in [0.15, 0.2) is 5.04 Å². The molecule has 2 aromatic rings. The van der Waals surface area contributed by atoms with Crippen LogP contribution < -0.4 is 5.01 Å². The molecule has 1 amide bonds. The van der Waals surface area contributed by atoms with Crippen molar-refractivity contribution in [2.45, 2.75) is 18.7 Å². The zero-order valence-corrected chi connectivity index (χ0v) is 13.1. The lowest BCUT2D eigenvalue weighted by molar-refractivity contribution is -0.116. The first-order chi connectivity index (χ1) is 10.6. The van der Waals surface area contributed by atoms with Gasteiger partial charge in [0, 0.05) is 17.4 Å². The Kier molecular flexibility index (Phi) is 3.81. The van der Waals surface area contributed by atoms with Crippen LogP contribution in [0.4, 0.5) is 5.69 Å². The summed E-state index contributed by atoms with van der Waals surface area (Å²) < 4.78 is 0. The maximum atomic E-state index is 12.4. The summed E-state index contributed by atoms with van der Waals surface area (Å²) in [6.45, 7) is 3.34. The highest BCUT2D eigenvalue weighted by atomic mass is 32.2. The van der Waals surface area contributed by atoms with Crippen molar-refractivity contribution < 1.29 is 9.59 Å². The van der Waals surface area contributed by atoms with Gasteiger partial charge in [0.2, 0.25) is 11.7 Å². The highest BCUT2D eigenvalue weighted by molar-refractivity contribution is 8.16. The van der Waals surface area contributed by atoms with Gasteiger partial charge in [-0.15, -0.1) is 0 Å². The normalized spacial score (nSPS) is 15.0. The Morgan fingerprint density at radius 1 is 1.09 bits per heavy atom. The Labute approximate surface area is 132 Å². The van der Waals surface area contributed by atoms with Gasteiger partial charge >= 0.3 is 0 Å². The number of carbonyl (C=O) groups is 2. The second-order valence-corrected chi connectivity index (χ2v) is 5.98. The molecule has 1 aliphatic heterocycles. The molecule has 0 N–H and O–H groups in total. The monoisotopic (exact) mass is 310 g/mol. The maximum Gasteiger partial charge on any atom is 0.244 e. The molecule has 0 saturated carbocycles. The van der Waals surface area contributed by atoms with E-state index in [4.69, 9.17) is 0 Å². The molecule has 3 rings (SSSR count). The van der Waals surface area contributed by atoms with Gasteiger partial charge in [-0.2, -0.15) is 10.1 Å². The van der Waals surface area contributed by atoms with Gasteiger partial charge in [-0.1, -0.05) is 42.1 Å². The Morgan fingerprint density at radius 2 is 1.77 bits per heavy atom. The quantitative estimate of drug-likeness (QED) is 0.796. The lowest BCUT2D eigenvalue weighted by Gasteiger charge is -2.17. The van der Waals surface area contributed by atoms with Crippen molar-refractivity contribution in [3.05, 3.63) is 59.7 Å². The molecule has 0 aromatic heterocycles. The third kappa shape index (κ3) is 2.55. The van der Waals surface area contributed by atoms with E-state index in [1.54, 1.807) is 6.07 Å². The van der Waals surface area contributed by atoms with Crippen LogP contribution in [0.3, 0.4) is 0 Å². The van der Waals surface area contributed by atoms with Gasteiger partial charge in [-0.25, -0.2) is 0 Å². The van der Waals surface area contributed by atoms with Gasteiger partial charge in [0.25, 0.3) is 0 Å². The highest BCUT2D eigenvalue weighted by Crippen LogP contribution is 2.34. The topological polar surface area (TPSA) is 49.7 Å². The second kappa shape index (κ2) is 5.77. The summed E-state index contributed by atoms with van der Waals surface area (Å²) in [5.74, 6) is -0.369. The fourth-order valence-corrected chi connectivity index (χ4v) is 3.21. The first kappa shape index (κ1) is 14.5. The molecule has 22 heavy (non-hydrogen) atoms. The molecule has 5 heteroatoms. The van der Waals surface area contributed by atoms with E-state index < -0.39 is 0 Å². The average molecular weight is 310 g/mol. The Hall–Kier alpha value is -2.40. The summed E-state index contributed by atoms with van der Waals surface area (Å²) >= 11 is 1.30. The summed E-state index contributed by atoms with van der Waals surface area (Å²) in [4.78, 5) is 25.2. The van der Waals surface area contributed by atoms with Crippen LogP contribution in [0.5, 0.6) is 0 Å². The van der Waals surface area contributed by atoms with E-state index in [1.165, 1.54) is 23.7 Å². The first-order valence-electron chi connectivity index (χ1n) is 6.84. The summed E-state index contributed by atoms with van der Waals surface area (Å²) in [6, 6.07) is 14.8. The molecular formula is C17H14N2O2S. The number of ketones is 1. The minimum Gasteiger partial charge on any atom is -0.286 e. The van der Waals surface area contributed by atoms with Crippen LogP contribution in [0.15, 0.2) is 58.5 Å². The molecule has 1 heterocycles. The van der Waals surface area contributed by atoms with E-state index in [0.717, 1.165) is 10.5 Å². The number of rotatable bonds is 2. The van der Waals surface area contributed by atoms with E-state index in [2.05, 4.69) is 5.10 Å². The number of fused-ring (bicyclic) bond motifs is 1. The van der Waals surface area contributed by atoms with Crippen LogP contribution in [0, 0.1) is 6.92 Å². The van der Waals surface area contributed by atoms with Gasteiger partial charge in [-0.05, 0) is 30.7 Å². The van der Waals surface area contributed by atoms with Crippen molar-refractivity contribution in [2.24, 2.45) is 5.10 Å². The fraction of sp³-hybridized carbons (Fsp3) is 0.118. The zero-order chi connectivity index (χ0) is 15.7. The van der Waals surface area contributed by atoms with Gasteiger partial charge in [0.05, 0.1) is 5.69 Å². The van der Waals surface area contributed by atoms with Crippen LogP contribution in [0.1, 0.15) is 22.8 Å². The smallest absolute Gasteiger partial charge is 0.244 e. The molecule has 0 spiro atoms. The molecule has 4 nitrogen and oxygen atoms in total. The number of Topliss-reactive ketones (excluding diaryl/α,β-unsaturated/α-hetero) is 1. The number of para-hydroxylation sites is 1. The Bertz CT molecular complexity index is 799. The molecule has 110 valence electrons. The third-order valence-electron chi connectivity index (χ3n) is 3.37. The van der Waals surface area contributed by atoms with Crippen molar-refractivity contribution in [3.63, 3.8) is 0 Å². The van der Waals surface area contributed by atoms with Crippen LogP contribution in [-0.2, 0) is 4.79 Å². The number of hydrazone groups is 1. The zero-order valence-electron chi connectivity index (χ0n) is 12.2. The number of amides is 1. The summed E-state index contributed by atoms with van der Waals surface area (Å²) in [6.07, 6.45) is 0. The number of hydrogen-bond donors (Lipinski definition) is 0. The molecule has 0 fully saturated rings. The van der Waals surface area contributed by atoms with E-state index >= 15 is 0 Å². The van der Waals surface area contributed by atoms with Crippen LogP contribution >= 0.6 is 11.8 Å². The maximum absolute atomic E-state index is 12.4. The number of thioether (sulfide) groups is 1. The van der Waals surface area contributed by atoms with Crippen LogP contribution in [-0.4, -0.2) is 16.7 Å². The van der Waals surface area contributed by atoms with E-state index in [0.29, 0.717) is 16.3 Å². The van der Waals surface area contributed by atoms with Crippen molar-refractivity contribution >= 4 is 34.2 Å². The summed E-state index contributed by atoms with van der Waals surface area (Å²) in [5.41, 5.74) is 2.25. The molecular weight excluding hydrogens is 296 g/mol. The summed E-state index contributed by atoms with van der Waals surface area (Å²) in [5, 5.41) is 5.93. The lowest BCUT2D eigenvalue weighted by atomic mass is 10.1. The molecule has 0 saturated heterocycles. The number of hydrogen-bond acceptors (Lipinski definition) is 4. The lowest BCUT2D eigenvalue weighted by Crippen LogP contribution is -2.25. The third-order valence-corrected chi connectivity index (χ3v) is 4.40. The number of anilines is 1. The molecule has 0 atom stereocenters. The fourth-order valence-electron chi connectivity index (χ4n) is 2.26. The number of benzene rings is 2. The Morgan fingerprint density at radius 3 is 2.45 bits per heavy atom. The first-order valence-corrected chi connectivity index (χ1v) is 7.66. The van der Waals surface area contributed by atoms with Crippen molar-refractivity contribution in [1.82, 2.24) is 0 Å². The van der Waals surface area contributed by atoms with Gasteiger partial charge in [0.1, 0.15) is 0 Å². The van der Waals surface area contributed by atoms with E-state index in [-0.39, 0.29) is 11.7 Å². The molecule has 2 aromatic carbocycles. The molecule has 0 bridgehead atoms. The predicted molar refractivity (Wildman–Crippen MR) is 88.4 cm³/mol. The van der Waals surface area contributed by atoms with Gasteiger partial charge < -0.3 is 0 Å². The van der Waals surface area contributed by atoms with Crippen molar-refractivity contribution in [3.8, 4) is 0 Å². The van der Waals surface area contributed by atoms with Crippen molar-refractivity contribution in [1.29, 1.82) is 0 Å². The number of aryl methyl sites for hydroxylation is 1. The van der Waals surface area contributed by atoms with Crippen LogP contribution in [0.25, 0.3) is 0 Å².